The second-order valence-electron chi connectivity index (χ2n) is 7.19. The average molecular weight is 390 g/mol. The number of rotatable bonds is 6. The summed E-state index contributed by atoms with van der Waals surface area (Å²) < 4.78 is 0. The molecule has 0 saturated carbocycles. The van der Waals surface area contributed by atoms with Gasteiger partial charge in [-0.25, -0.2) is 9.97 Å². The van der Waals surface area contributed by atoms with E-state index >= 15 is 0 Å². The number of aromatic amines is 1. The van der Waals surface area contributed by atoms with E-state index in [4.69, 9.17) is 5.26 Å². The van der Waals surface area contributed by atoms with Gasteiger partial charge in [0.15, 0.2) is 0 Å². The minimum atomic E-state index is -0.443. The molecule has 0 spiro atoms. The number of pyridine rings is 1. The Morgan fingerprint density at radius 2 is 2.00 bits per heavy atom. The molecule has 1 aromatic carbocycles. The molecule has 2 N–H and O–H groups in total. The molecule has 3 aromatic rings. The van der Waals surface area contributed by atoms with Gasteiger partial charge in [-0.3, -0.25) is 9.59 Å². The summed E-state index contributed by atoms with van der Waals surface area (Å²) in [6.07, 6.45) is 2.76. The van der Waals surface area contributed by atoms with Gasteiger partial charge in [-0.05, 0) is 50.2 Å². The maximum Gasteiger partial charge on any atom is 0.252 e. The molecule has 0 fully saturated rings. The van der Waals surface area contributed by atoms with Crippen molar-refractivity contribution in [2.24, 2.45) is 0 Å². The Balaban J connectivity index is 1.75. The van der Waals surface area contributed by atoms with Crippen molar-refractivity contribution >= 4 is 16.8 Å². The summed E-state index contributed by atoms with van der Waals surface area (Å²) >= 11 is 0. The first-order chi connectivity index (χ1) is 13.9. The highest BCUT2D eigenvalue weighted by molar-refractivity contribution is 5.83. The third kappa shape index (κ3) is 5.03. The Morgan fingerprint density at radius 3 is 2.66 bits per heavy atom. The number of nitrogens with one attached hydrogen (secondary N) is 2. The number of fused-ring (bicyclic) bond motifs is 1. The van der Waals surface area contributed by atoms with Crippen molar-refractivity contribution in [1.82, 2.24) is 25.2 Å². The van der Waals surface area contributed by atoms with Gasteiger partial charge in [0.1, 0.15) is 11.9 Å². The largest absolute Gasteiger partial charge is 0.346 e. The molecular formula is C21H22N6O2. The van der Waals surface area contributed by atoms with Gasteiger partial charge >= 0.3 is 0 Å². The summed E-state index contributed by atoms with van der Waals surface area (Å²) in [7, 11) is 3.98. The maximum atomic E-state index is 12.4. The summed E-state index contributed by atoms with van der Waals surface area (Å²) in [5.74, 6) is 0.0952. The minimum Gasteiger partial charge on any atom is -0.346 e. The fourth-order valence-electron chi connectivity index (χ4n) is 3.05. The SMILES string of the molecule is C[C@H](NC(=O)Cc1cc2cc(CN(C)C)ccc2[nH]c1=O)c1ncc(C#N)cn1. The first-order valence-electron chi connectivity index (χ1n) is 9.16. The maximum absolute atomic E-state index is 12.4. The zero-order chi connectivity index (χ0) is 21.0. The van der Waals surface area contributed by atoms with Gasteiger partial charge in [-0.15, -0.1) is 0 Å². The van der Waals surface area contributed by atoms with E-state index in [0.29, 0.717) is 17.0 Å². The Morgan fingerprint density at radius 1 is 1.28 bits per heavy atom. The topological polar surface area (TPSA) is 115 Å². The number of carbonyl (C=O) groups is 1. The van der Waals surface area contributed by atoms with Crippen LogP contribution >= 0.6 is 0 Å². The fourth-order valence-corrected chi connectivity index (χ4v) is 3.05. The highest BCUT2D eigenvalue weighted by Crippen LogP contribution is 2.15. The van der Waals surface area contributed by atoms with E-state index in [1.807, 2.05) is 38.4 Å². The third-order valence-electron chi connectivity index (χ3n) is 4.40. The first-order valence-corrected chi connectivity index (χ1v) is 9.16. The van der Waals surface area contributed by atoms with E-state index in [9.17, 15) is 9.59 Å². The van der Waals surface area contributed by atoms with Crippen LogP contribution in [0.3, 0.4) is 0 Å². The number of hydrogen-bond donors (Lipinski definition) is 2. The lowest BCUT2D eigenvalue weighted by Crippen LogP contribution is -2.31. The lowest BCUT2D eigenvalue weighted by molar-refractivity contribution is -0.121. The normalized spacial score (nSPS) is 12.0. The first kappa shape index (κ1) is 20.2. The van der Waals surface area contributed by atoms with Crippen molar-refractivity contribution in [3.05, 3.63) is 69.5 Å². The van der Waals surface area contributed by atoms with E-state index in [2.05, 4.69) is 25.2 Å². The Labute approximate surface area is 168 Å². The predicted molar refractivity (Wildman–Crippen MR) is 109 cm³/mol. The third-order valence-corrected chi connectivity index (χ3v) is 4.40. The molecule has 8 heteroatoms. The van der Waals surface area contributed by atoms with Crippen molar-refractivity contribution in [1.29, 1.82) is 5.26 Å². The number of amides is 1. The minimum absolute atomic E-state index is 0.0518. The zero-order valence-electron chi connectivity index (χ0n) is 16.6. The van der Waals surface area contributed by atoms with Crippen LogP contribution in [0.1, 0.15) is 35.5 Å². The van der Waals surface area contributed by atoms with Crippen LogP contribution < -0.4 is 10.9 Å². The summed E-state index contributed by atoms with van der Waals surface area (Å²) in [5.41, 5.74) is 2.32. The number of nitriles is 1. The molecule has 2 aromatic heterocycles. The van der Waals surface area contributed by atoms with Crippen LogP contribution in [0.5, 0.6) is 0 Å². The highest BCUT2D eigenvalue weighted by atomic mass is 16.2. The molecule has 0 aliphatic carbocycles. The van der Waals surface area contributed by atoms with Crippen LogP contribution in [-0.2, 0) is 17.8 Å². The highest BCUT2D eigenvalue weighted by Gasteiger charge is 2.14. The number of nitrogens with zero attached hydrogens (tertiary/aromatic N) is 4. The number of H-pyrrole nitrogens is 1. The van der Waals surface area contributed by atoms with Crippen LogP contribution in [0.4, 0.5) is 0 Å². The van der Waals surface area contributed by atoms with Gasteiger partial charge in [0, 0.05) is 30.0 Å². The number of aromatic nitrogens is 3. The van der Waals surface area contributed by atoms with E-state index in [1.54, 1.807) is 13.0 Å². The standard InChI is InChI=1S/C21H22N6O2/c1-13(20-23-10-15(9-22)11-24-20)25-19(28)8-17-7-16-6-14(12-27(2)3)4-5-18(16)26-21(17)29/h4-7,10-11,13H,8,12H2,1-3H3,(H,25,28)(H,26,29)/t13-/m0/s1. The lowest BCUT2D eigenvalue weighted by Gasteiger charge is -2.13. The summed E-state index contributed by atoms with van der Waals surface area (Å²) in [5, 5.41) is 12.5. The Hall–Kier alpha value is -3.57. The fraction of sp³-hybridized carbons (Fsp3) is 0.286. The van der Waals surface area contributed by atoms with Crippen molar-refractivity contribution in [2.45, 2.75) is 25.9 Å². The number of hydrogen-bond acceptors (Lipinski definition) is 6. The molecule has 0 bridgehead atoms. The predicted octanol–water partition coefficient (Wildman–Crippen LogP) is 1.67. The Kier molecular flexibility index (Phi) is 6.00. The van der Waals surface area contributed by atoms with Crippen LogP contribution in [0.25, 0.3) is 10.9 Å². The lowest BCUT2D eigenvalue weighted by atomic mass is 10.1. The zero-order valence-corrected chi connectivity index (χ0v) is 16.6. The van der Waals surface area contributed by atoms with Crippen molar-refractivity contribution in [3.63, 3.8) is 0 Å². The molecule has 2 heterocycles. The van der Waals surface area contributed by atoms with Gasteiger partial charge in [-0.2, -0.15) is 5.26 Å². The molecule has 0 saturated heterocycles. The molecule has 0 aliphatic heterocycles. The Bertz CT molecular complexity index is 1130. The van der Waals surface area contributed by atoms with Crippen molar-refractivity contribution in [2.75, 3.05) is 14.1 Å². The molecule has 0 aliphatic rings. The molecule has 29 heavy (non-hydrogen) atoms. The van der Waals surface area contributed by atoms with E-state index in [0.717, 1.165) is 23.0 Å². The summed E-state index contributed by atoms with van der Waals surface area (Å²) in [4.78, 5) is 37.9. The monoisotopic (exact) mass is 390 g/mol. The van der Waals surface area contributed by atoms with Crippen LogP contribution in [0.15, 0.2) is 41.5 Å². The molecular weight excluding hydrogens is 368 g/mol. The molecule has 0 unspecified atom stereocenters. The van der Waals surface area contributed by atoms with Crippen LogP contribution in [0.2, 0.25) is 0 Å². The number of carbonyl (C=O) groups excluding carboxylic acids is 1. The molecule has 1 amide bonds. The van der Waals surface area contributed by atoms with E-state index in [-0.39, 0.29) is 17.9 Å². The average Bonchev–Trinajstić information content (AvgIpc) is 2.68. The second-order valence-corrected chi connectivity index (χ2v) is 7.19. The van der Waals surface area contributed by atoms with Crippen molar-refractivity contribution in [3.8, 4) is 6.07 Å². The summed E-state index contributed by atoms with van der Waals surface area (Å²) in [6, 6.07) is 9.13. The van der Waals surface area contributed by atoms with Crippen LogP contribution in [-0.4, -0.2) is 39.9 Å². The summed E-state index contributed by atoms with van der Waals surface area (Å²) in [6.45, 7) is 2.53. The molecule has 148 valence electrons. The van der Waals surface area contributed by atoms with Crippen LogP contribution in [0, 0.1) is 11.3 Å². The van der Waals surface area contributed by atoms with Gasteiger partial charge in [0.05, 0.1) is 18.0 Å². The van der Waals surface area contributed by atoms with Crippen molar-refractivity contribution < 1.29 is 4.79 Å². The molecule has 1 atom stereocenters. The quantitative estimate of drug-likeness (QED) is 0.662. The van der Waals surface area contributed by atoms with E-state index in [1.165, 1.54) is 12.4 Å². The van der Waals surface area contributed by atoms with Gasteiger partial charge in [0.2, 0.25) is 5.91 Å². The van der Waals surface area contributed by atoms with E-state index < -0.39 is 6.04 Å². The molecule has 0 radical (unpaired) electrons. The molecule has 3 rings (SSSR count). The van der Waals surface area contributed by atoms with Gasteiger partial charge in [0.25, 0.3) is 5.56 Å². The number of benzene rings is 1. The smallest absolute Gasteiger partial charge is 0.252 e. The molecule has 8 nitrogen and oxygen atoms in total. The van der Waals surface area contributed by atoms with Gasteiger partial charge in [-0.1, -0.05) is 6.07 Å². The second kappa shape index (κ2) is 8.63. The van der Waals surface area contributed by atoms with Gasteiger partial charge < -0.3 is 15.2 Å².